The number of anilines is 1. The van der Waals surface area contributed by atoms with E-state index in [4.69, 9.17) is 16.3 Å². The van der Waals surface area contributed by atoms with Gasteiger partial charge in [-0.2, -0.15) is 0 Å². The summed E-state index contributed by atoms with van der Waals surface area (Å²) in [6, 6.07) is 13.1. The second kappa shape index (κ2) is 7.09. The molecule has 2 aromatic rings. The molecule has 1 N–H and O–H groups in total. The number of non-ortho nitro benzene ring substituents is 1. The van der Waals surface area contributed by atoms with E-state index in [1.807, 2.05) is 13.8 Å². The van der Waals surface area contributed by atoms with E-state index >= 15 is 0 Å². The van der Waals surface area contributed by atoms with E-state index in [0.717, 1.165) is 5.56 Å². The van der Waals surface area contributed by atoms with Crippen molar-refractivity contribution < 1.29 is 19.6 Å². The summed E-state index contributed by atoms with van der Waals surface area (Å²) in [4.78, 5) is 25.3. The summed E-state index contributed by atoms with van der Waals surface area (Å²) in [5.41, 5.74) is 1.45. The lowest BCUT2D eigenvalue weighted by molar-refractivity contribution is -0.384. The highest BCUT2D eigenvalue weighted by molar-refractivity contribution is 6.30. The van der Waals surface area contributed by atoms with E-state index < -0.39 is 28.8 Å². The number of fused-ring (bicyclic) bond motifs is 2. The molecular weight excluding hydrogens is 396 g/mol. The Kier molecular flexibility index (Phi) is 4.85. The van der Waals surface area contributed by atoms with Crippen molar-refractivity contribution in [2.45, 2.75) is 38.2 Å². The van der Waals surface area contributed by atoms with Gasteiger partial charge in [0, 0.05) is 35.2 Å². The topological polar surface area (TPSA) is 92.9 Å². The summed E-state index contributed by atoms with van der Waals surface area (Å²) in [5, 5.41) is 22.9. The maximum atomic E-state index is 13.3. The lowest BCUT2D eigenvalue weighted by Crippen LogP contribution is -2.52. The van der Waals surface area contributed by atoms with Crippen molar-refractivity contribution in [3.8, 4) is 0 Å². The van der Waals surface area contributed by atoms with Crippen LogP contribution in [0.1, 0.15) is 31.7 Å². The lowest BCUT2D eigenvalue weighted by Gasteiger charge is -2.42. The molecule has 0 radical (unpaired) electrons. The Morgan fingerprint density at radius 1 is 1.21 bits per heavy atom. The Bertz CT molecular complexity index is 947. The number of aliphatic hydroxyl groups is 1. The second-order valence-corrected chi connectivity index (χ2v) is 8.32. The molecule has 7 nitrogen and oxygen atoms in total. The molecule has 2 heterocycles. The zero-order valence-corrected chi connectivity index (χ0v) is 16.7. The fourth-order valence-corrected chi connectivity index (χ4v) is 4.74. The Balaban J connectivity index is 1.75. The molecule has 4 atom stereocenters. The summed E-state index contributed by atoms with van der Waals surface area (Å²) in [5.74, 6) is -3.20. The highest BCUT2D eigenvalue weighted by atomic mass is 35.5. The number of ether oxygens (including phenoxy) is 1. The normalized spacial score (nSPS) is 28.8. The molecule has 0 spiro atoms. The molecule has 0 unspecified atom stereocenters. The molecule has 8 heteroatoms. The Morgan fingerprint density at radius 3 is 2.38 bits per heavy atom. The van der Waals surface area contributed by atoms with Crippen LogP contribution in [0.5, 0.6) is 0 Å². The molecule has 2 aliphatic rings. The van der Waals surface area contributed by atoms with Crippen molar-refractivity contribution in [3.05, 3.63) is 69.2 Å². The number of amides is 1. The maximum Gasteiger partial charge on any atom is 0.289 e. The van der Waals surface area contributed by atoms with Crippen LogP contribution in [0.15, 0.2) is 48.5 Å². The van der Waals surface area contributed by atoms with Crippen LogP contribution in [0.25, 0.3) is 0 Å². The van der Waals surface area contributed by atoms with Crippen LogP contribution in [0.3, 0.4) is 0 Å². The van der Waals surface area contributed by atoms with Gasteiger partial charge in [0.1, 0.15) is 6.23 Å². The van der Waals surface area contributed by atoms with Gasteiger partial charge in [0.2, 0.25) is 0 Å². The molecule has 1 amide bonds. The summed E-state index contributed by atoms with van der Waals surface area (Å²) in [6.45, 7) is 3.87. The first-order chi connectivity index (χ1) is 13.7. The van der Waals surface area contributed by atoms with Gasteiger partial charge in [0.25, 0.3) is 17.4 Å². The molecule has 0 aliphatic carbocycles. The van der Waals surface area contributed by atoms with Crippen molar-refractivity contribution in [3.63, 3.8) is 0 Å². The van der Waals surface area contributed by atoms with E-state index in [9.17, 15) is 20.0 Å². The van der Waals surface area contributed by atoms with Crippen LogP contribution in [-0.2, 0) is 9.53 Å². The maximum absolute atomic E-state index is 13.3. The van der Waals surface area contributed by atoms with Crippen molar-refractivity contribution in [2.24, 2.45) is 11.8 Å². The van der Waals surface area contributed by atoms with E-state index in [1.54, 1.807) is 36.4 Å². The number of halogens is 1. The van der Waals surface area contributed by atoms with Crippen LogP contribution in [0.4, 0.5) is 11.4 Å². The molecule has 2 fully saturated rings. The van der Waals surface area contributed by atoms with Gasteiger partial charge >= 0.3 is 0 Å². The van der Waals surface area contributed by atoms with Crippen LogP contribution < -0.4 is 4.90 Å². The molecule has 2 aliphatic heterocycles. The smallest absolute Gasteiger partial charge is 0.289 e. The van der Waals surface area contributed by atoms with E-state index in [0.29, 0.717) is 17.1 Å². The number of nitro groups is 1. The van der Waals surface area contributed by atoms with Crippen molar-refractivity contribution in [1.29, 1.82) is 0 Å². The van der Waals surface area contributed by atoms with Crippen LogP contribution in [0.2, 0.25) is 5.02 Å². The van der Waals surface area contributed by atoms with Crippen molar-refractivity contribution in [1.82, 2.24) is 0 Å². The van der Waals surface area contributed by atoms with Gasteiger partial charge < -0.3 is 9.84 Å². The summed E-state index contributed by atoms with van der Waals surface area (Å²) < 4.78 is 5.87. The first-order valence-electron chi connectivity index (χ1n) is 9.46. The number of nitro benzene ring substituents is 1. The first-order valence-corrected chi connectivity index (χ1v) is 9.84. The molecular formula is C21H21ClN2O5. The minimum absolute atomic E-state index is 0.00228. The first kappa shape index (κ1) is 19.8. The molecule has 0 saturated carbocycles. The largest absolute Gasteiger partial charge is 0.358 e. The fourth-order valence-electron chi connectivity index (χ4n) is 4.61. The van der Waals surface area contributed by atoms with Gasteiger partial charge in [-0.05, 0) is 41.7 Å². The average molecular weight is 417 g/mol. The summed E-state index contributed by atoms with van der Waals surface area (Å²) in [7, 11) is 0. The SMILES string of the molecule is CC(C)[C@H]1[C@H](c2ccc([N+](=O)[O-])cc2)C[C@@H]2O[C@@]1(O)C(=O)N2c1ccc(Cl)cc1. The Labute approximate surface area is 173 Å². The third-order valence-electron chi connectivity index (χ3n) is 5.82. The third-order valence-corrected chi connectivity index (χ3v) is 6.08. The average Bonchev–Trinajstić information content (AvgIpc) is 2.88. The number of rotatable bonds is 4. The molecule has 152 valence electrons. The number of benzene rings is 2. The minimum atomic E-state index is -1.96. The highest BCUT2D eigenvalue weighted by Crippen LogP contribution is 2.52. The lowest BCUT2D eigenvalue weighted by atomic mass is 9.71. The predicted molar refractivity (Wildman–Crippen MR) is 108 cm³/mol. The number of nitrogens with zero attached hydrogens (tertiary/aromatic N) is 2. The molecule has 4 rings (SSSR count). The van der Waals surface area contributed by atoms with Crippen LogP contribution >= 0.6 is 11.6 Å². The van der Waals surface area contributed by atoms with Gasteiger partial charge in [-0.25, -0.2) is 0 Å². The van der Waals surface area contributed by atoms with Gasteiger partial charge in [0.15, 0.2) is 0 Å². The van der Waals surface area contributed by atoms with E-state index in [2.05, 4.69) is 0 Å². The number of carbonyl (C=O) groups excluding carboxylic acids is 1. The molecule has 2 aromatic carbocycles. The summed E-state index contributed by atoms with van der Waals surface area (Å²) in [6.07, 6.45) is -0.166. The second-order valence-electron chi connectivity index (χ2n) is 7.88. The monoisotopic (exact) mass is 416 g/mol. The number of hydrogen-bond donors (Lipinski definition) is 1. The van der Waals surface area contributed by atoms with Gasteiger partial charge in [0.05, 0.1) is 4.92 Å². The zero-order valence-electron chi connectivity index (χ0n) is 16.0. The molecule has 0 aromatic heterocycles. The third kappa shape index (κ3) is 3.19. The fraction of sp³-hybridized carbons (Fsp3) is 0.381. The molecule has 2 bridgehead atoms. The number of hydrogen-bond acceptors (Lipinski definition) is 5. The van der Waals surface area contributed by atoms with Crippen LogP contribution in [0, 0.1) is 22.0 Å². The van der Waals surface area contributed by atoms with Crippen molar-refractivity contribution >= 4 is 28.9 Å². The molecule has 29 heavy (non-hydrogen) atoms. The Morgan fingerprint density at radius 2 is 1.83 bits per heavy atom. The standard InChI is InChI=1S/C21H21ClN2O5/c1-12(2)19-17(13-3-7-16(8-4-13)24(27)28)11-18-23(20(25)21(19,26)29-18)15-9-5-14(22)6-10-15/h3-10,12,17-19,26H,11H2,1-2H3/t17-,18-,19-,21+/m0/s1. The summed E-state index contributed by atoms with van der Waals surface area (Å²) >= 11 is 5.96. The number of carbonyl (C=O) groups is 1. The Hall–Kier alpha value is -2.48. The quantitative estimate of drug-likeness (QED) is 0.598. The van der Waals surface area contributed by atoms with Gasteiger partial charge in [-0.15, -0.1) is 0 Å². The predicted octanol–water partition coefficient (Wildman–Crippen LogP) is 4.09. The van der Waals surface area contributed by atoms with Crippen molar-refractivity contribution in [2.75, 3.05) is 4.90 Å². The van der Waals surface area contributed by atoms with E-state index in [1.165, 1.54) is 17.0 Å². The van der Waals surface area contributed by atoms with Gasteiger partial charge in [-0.3, -0.25) is 19.8 Å². The minimum Gasteiger partial charge on any atom is -0.358 e. The molecule has 2 saturated heterocycles. The van der Waals surface area contributed by atoms with E-state index in [-0.39, 0.29) is 17.5 Å². The van der Waals surface area contributed by atoms with Crippen LogP contribution in [-0.4, -0.2) is 28.0 Å². The highest BCUT2D eigenvalue weighted by Gasteiger charge is 2.63. The van der Waals surface area contributed by atoms with Gasteiger partial charge in [-0.1, -0.05) is 37.6 Å². The zero-order chi connectivity index (χ0) is 20.9.